The molecule has 0 bridgehead atoms. The number of carbonyl (C=O) groups is 2. The molecule has 0 aliphatic carbocycles. The molecular formula is C13H16N2O5S. The van der Waals surface area contributed by atoms with Crippen LogP contribution in [0.15, 0.2) is 23.1 Å². The van der Waals surface area contributed by atoms with E-state index in [0.29, 0.717) is 4.90 Å². The van der Waals surface area contributed by atoms with E-state index in [1.165, 1.54) is 48.8 Å². The summed E-state index contributed by atoms with van der Waals surface area (Å²) >= 11 is 1.22. The number of aliphatic carboxylic acids is 1. The summed E-state index contributed by atoms with van der Waals surface area (Å²) in [5.41, 5.74) is 0.0348. The average molecular weight is 312 g/mol. The molecule has 0 spiro atoms. The molecule has 0 aliphatic rings. The molecule has 1 aromatic carbocycles. The summed E-state index contributed by atoms with van der Waals surface area (Å²) in [7, 11) is 1.47. The highest BCUT2D eigenvalue weighted by Gasteiger charge is 2.21. The maximum atomic E-state index is 12.2. The van der Waals surface area contributed by atoms with Gasteiger partial charge in [-0.15, -0.1) is 11.8 Å². The van der Waals surface area contributed by atoms with Crippen LogP contribution in [-0.2, 0) is 4.79 Å². The van der Waals surface area contributed by atoms with Crippen molar-refractivity contribution in [3.05, 3.63) is 33.9 Å². The molecule has 1 rings (SSSR count). The van der Waals surface area contributed by atoms with Crippen LogP contribution >= 0.6 is 11.8 Å². The highest BCUT2D eigenvalue weighted by Crippen LogP contribution is 2.28. The Balaban J connectivity index is 3.00. The fourth-order valence-corrected chi connectivity index (χ4v) is 2.30. The fraction of sp³-hybridized carbons (Fsp3) is 0.385. The zero-order chi connectivity index (χ0) is 16.2. The van der Waals surface area contributed by atoms with E-state index in [9.17, 15) is 19.7 Å². The van der Waals surface area contributed by atoms with E-state index in [1.54, 1.807) is 6.26 Å². The Kier molecular flexibility index (Phi) is 5.71. The van der Waals surface area contributed by atoms with E-state index >= 15 is 0 Å². The van der Waals surface area contributed by atoms with Crippen LogP contribution in [0.1, 0.15) is 17.3 Å². The molecule has 0 radical (unpaired) electrons. The lowest BCUT2D eigenvalue weighted by Gasteiger charge is -2.19. The number of carbonyl (C=O) groups excluding carboxylic acids is 1. The van der Waals surface area contributed by atoms with Gasteiger partial charge in [0.2, 0.25) is 0 Å². The summed E-state index contributed by atoms with van der Waals surface area (Å²) < 4.78 is 0. The Labute approximate surface area is 126 Å². The number of carboxylic acids is 1. The van der Waals surface area contributed by atoms with Crippen LogP contribution in [0.5, 0.6) is 0 Å². The van der Waals surface area contributed by atoms with Gasteiger partial charge in [0.05, 0.1) is 15.7 Å². The number of carboxylic acid groups (broad SMARTS) is 1. The number of nitro benzene ring substituents is 1. The van der Waals surface area contributed by atoms with Crippen molar-refractivity contribution in [1.82, 2.24) is 4.90 Å². The quantitative estimate of drug-likeness (QED) is 0.490. The minimum atomic E-state index is -1.00. The van der Waals surface area contributed by atoms with Crippen LogP contribution in [0.3, 0.4) is 0 Å². The lowest BCUT2D eigenvalue weighted by Crippen LogP contribution is -2.33. The van der Waals surface area contributed by atoms with Crippen LogP contribution in [0, 0.1) is 16.0 Å². The minimum absolute atomic E-state index is 0.0340. The van der Waals surface area contributed by atoms with Gasteiger partial charge in [-0.2, -0.15) is 0 Å². The first-order chi connectivity index (χ1) is 9.77. The number of benzene rings is 1. The normalized spacial score (nSPS) is 11.8. The Morgan fingerprint density at radius 3 is 2.57 bits per heavy atom. The van der Waals surface area contributed by atoms with Gasteiger partial charge in [0, 0.05) is 25.2 Å². The first kappa shape index (κ1) is 17.0. The van der Waals surface area contributed by atoms with E-state index in [4.69, 9.17) is 5.11 Å². The largest absolute Gasteiger partial charge is 0.481 e. The Hall–Kier alpha value is -2.09. The van der Waals surface area contributed by atoms with Gasteiger partial charge in [-0.25, -0.2) is 0 Å². The van der Waals surface area contributed by atoms with Crippen molar-refractivity contribution in [1.29, 1.82) is 0 Å². The molecule has 1 N–H and O–H groups in total. The third kappa shape index (κ3) is 4.19. The lowest BCUT2D eigenvalue weighted by atomic mass is 10.1. The maximum absolute atomic E-state index is 12.2. The molecular weight excluding hydrogens is 296 g/mol. The number of thioether (sulfide) groups is 1. The molecule has 0 saturated heterocycles. The van der Waals surface area contributed by atoms with Crippen molar-refractivity contribution in [2.75, 3.05) is 19.8 Å². The molecule has 1 unspecified atom stereocenters. The Bertz CT molecular complexity index is 576. The van der Waals surface area contributed by atoms with Gasteiger partial charge in [-0.1, -0.05) is 6.92 Å². The van der Waals surface area contributed by atoms with E-state index in [2.05, 4.69) is 0 Å². The highest BCUT2D eigenvalue weighted by atomic mass is 32.2. The molecule has 21 heavy (non-hydrogen) atoms. The summed E-state index contributed by atoms with van der Waals surface area (Å²) in [6.45, 7) is 1.53. The monoisotopic (exact) mass is 312 g/mol. The van der Waals surface area contributed by atoms with Crippen molar-refractivity contribution >= 4 is 29.3 Å². The number of nitrogens with zero attached hydrogens (tertiary/aromatic N) is 2. The smallest absolute Gasteiger partial charge is 0.308 e. The van der Waals surface area contributed by atoms with Gasteiger partial charge in [0.25, 0.3) is 11.6 Å². The standard InChI is InChI=1S/C13H16N2O5S/c1-8(13(17)18)7-14(2)12(16)9-4-5-11(21-3)10(6-9)15(19)20/h4-6,8H,7H2,1-3H3,(H,17,18). The van der Waals surface area contributed by atoms with Crippen LogP contribution < -0.4 is 0 Å². The number of nitro groups is 1. The van der Waals surface area contributed by atoms with E-state index in [-0.39, 0.29) is 17.8 Å². The average Bonchev–Trinajstić information content (AvgIpc) is 2.45. The second-order valence-corrected chi connectivity index (χ2v) is 5.42. The van der Waals surface area contributed by atoms with Crippen molar-refractivity contribution in [3.8, 4) is 0 Å². The topological polar surface area (TPSA) is 101 Å². The number of amides is 1. The predicted molar refractivity (Wildman–Crippen MR) is 78.6 cm³/mol. The van der Waals surface area contributed by atoms with Gasteiger partial charge in [-0.3, -0.25) is 19.7 Å². The molecule has 1 amide bonds. The van der Waals surface area contributed by atoms with Crippen LogP contribution in [-0.4, -0.2) is 46.7 Å². The SMILES string of the molecule is CSc1ccc(C(=O)N(C)CC(C)C(=O)O)cc1[N+](=O)[O-]. The van der Waals surface area contributed by atoms with Crippen LogP contribution in [0.25, 0.3) is 0 Å². The van der Waals surface area contributed by atoms with Gasteiger partial charge in [0.15, 0.2) is 0 Å². The van der Waals surface area contributed by atoms with E-state index in [0.717, 1.165) is 0 Å². The zero-order valence-electron chi connectivity index (χ0n) is 11.9. The second kappa shape index (κ2) is 7.07. The molecule has 0 heterocycles. The van der Waals surface area contributed by atoms with Crippen LogP contribution in [0.4, 0.5) is 5.69 Å². The molecule has 1 atom stereocenters. The van der Waals surface area contributed by atoms with Crippen molar-refractivity contribution in [2.24, 2.45) is 5.92 Å². The van der Waals surface area contributed by atoms with Crippen LogP contribution in [0.2, 0.25) is 0 Å². The summed E-state index contributed by atoms with van der Waals surface area (Å²) in [6, 6.07) is 4.24. The number of rotatable bonds is 6. The maximum Gasteiger partial charge on any atom is 0.308 e. The lowest BCUT2D eigenvalue weighted by molar-refractivity contribution is -0.387. The van der Waals surface area contributed by atoms with E-state index < -0.39 is 22.7 Å². The zero-order valence-corrected chi connectivity index (χ0v) is 12.7. The molecule has 0 aliphatic heterocycles. The third-order valence-electron chi connectivity index (χ3n) is 2.94. The molecule has 0 fully saturated rings. The molecule has 8 heteroatoms. The van der Waals surface area contributed by atoms with Crippen molar-refractivity contribution in [3.63, 3.8) is 0 Å². The number of hydrogen-bond donors (Lipinski definition) is 1. The second-order valence-electron chi connectivity index (χ2n) is 4.57. The molecule has 1 aromatic rings. The predicted octanol–water partition coefficient (Wildman–Crippen LogP) is 2.11. The van der Waals surface area contributed by atoms with Gasteiger partial charge in [-0.05, 0) is 18.4 Å². The molecule has 0 aromatic heterocycles. The van der Waals surface area contributed by atoms with E-state index in [1.807, 2.05) is 0 Å². The van der Waals surface area contributed by atoms with Gasteiger partial charge >= 0.3 is 5.97 Å². The van der Waals surface area contributed by atoms with Gasteiger partial charge in [0.1, 0.15) is 0 Å². The molecule has 114 valence electrons. The van der Waals surface area contributed by atoms with Crippen molar-refractivity contribution < 1.29 is 19.6 Å². The van der Waals surface area contributed by atoms with Gasteiger partial charge < -0.3 is 10.0 Å². The first-order valence-corrected chi connectivity index (χ1v) is 7.31. The summed E-state index contributed by atoms with van der Waals surface area (Å²) in [4.78, 5) is 35.1. The molecule has 7 nitrogen and oxygen atoms in total. The Morgan fingerprint density at radius 2 is 2.10 bits per heavy atom. The Morgan fingerprint density at radius 1 is 1.48 bits per heavy atom. The number of hydrogen-bond acceptors (Lipinski definition) is 5. The summed E-state index contributed by atoms with van der Waals surface area (Å²) in [6.07, 6.45) is 1.71. The van der Waals surface area contributed by atoms with Crippen molar-refractivity contribution in [2.45, 2.75) is 11.8 Å². The fourth-order valence-electron chi connectivity index (χ4n) is 1.76. The third-order valence-corrected chi connectivity index (χ3v) is 3.72. The summed E-state index contributed by atoms with van der Waals surface area (Å²) in [5.74, 6) is -2.16. The summed E-state index contributed by atoms with van der Waals surface area (Å²) in [5, 5.41) is 19.8. The molecule has 0 saturated carbocycles. The first-order valence-electron chi connectivity index (χ1n) is 6.08. The minimum Gasteiger partial charge on any atom is -0.481 e. The highest BCUT2D eigenvalue weighted by molar-refractivity contribution is 7.98.